The topological polar surface area (TPSA) is 77.3 Å². The van der Waals surface area contributed by atoms with Crippen LogP contribution in [0, 0.1) is 5.82 Å². The Labute approximate surface area is 163 Å². The van der Waals surface area contributed by atoms with Gasteiger partial charge in [0.1, 0.15) is 23.9 Å². The SMILES string of the molecule is CN=C(NCCCOCc1ccco1)NCCc1cc(F)cc2c1OCOC2. The number of halogens is 1. The molecule has 0 aliphatic carbocycles. The third kappa shape index (κ3) is 5.97. The monoisotopic (exact) mass is 391 g/mol. The van der Waals surface area contributed by atoms with Gasteiger partial charge in [-0.25, -0.2) is 4.39 Å². The molecular formula is C20H26FN3O4. The van der Waals surface area contributed by atoms with E-state index >= 15 is 0 Å². The van der Waals surface area contributed by atoms with E-state index in [1.165, 1.54) is 12.1 Å². The van der Waals surface area contributed by atoms with E-state index < -0.39 is 0 Å². The Kier molecular flexibility index (Phi) is 7.69. The molecule has 0 saturated heterocycles. The summed E-state index contributed by atoms with van der Waals surface area (Å²) in [4.78, 5) is 4.20. The van der Waals surface area contributed by atoms with Crippen molar-refractivity contribution in [2.75, 3.05) is 33.5 Å². The van der Waals surface area contributed by atoms with Crippen LogP contribution in [0.5, 0.6) is 5.75 Å². The lowest BCUT2D eigenvalue weighted by Gasteiger charge is -2.21. The fourth-order valence-corrected chi connectivity index (χ4v) is 2.93. The van der Waals surface area contributed by atoms with Gasteiger partial charge in [-0.3, -0.25) is 4.99 Å². The molecule has 0 amide bonds. The number of hydrogen-bond donors (Lipinski definition) is 2. The minimum atomic E-state index is -0.278. The van der Waals surface area contributed by atoms with Gasteiger partial charge in [-0.1, -0.05) is 0 Å². The third-order valence-corrected chi connectivity index (χ3v) is 4.24. The summed E-state index contributed by atoms with van der Waals surface area (Å²) in [5, 5.41) is 6.46. The van der Waals surface area contributed by atoms with Crippen LogP contribution in [-0.2, 0) is 29.1 Å². The molecule has 28 heavy (non-hydrogen) atoms. The molecule has 7 nitrogen and oxygen atoms in total. The average molecular weight is 391 g/mol. The van der Waals surface area contributed by atoms with Crippen molar-refractivity contribution in [3.05, 3.63) is 53.2 Å². The Bertz CT molecular complexity index is 765. The maximum atomic E-state index is 13.8. The lowest BCUT2D eigenvalue weighted by Crippen LogP contribution is -2.39. The summed E-state index contributed by atoms with van der Waals surface area (Å²) in [6.07, 6.45) is 3.09. The van der Waals surface area contributed by atoms with Crippen molar-refractivity contribution in [3.8, 4) is 5.75 Å². The summed E-state index contributed by atoms with van der Waals surface area (Å²) in [5.41, 5.74) is 1.57. The number of furan rings is 1. The minimum absolute atomic E-state index is 0.199. The first-order valence-electron chi connectivity index (χ1n) is 9.32. The Morgan fingerprint density at radius 2 is 2.18 bits per heavy atom. The number of ether oxygens (including phenoxy) is 3. The molecule has 0 radical (unpaired) electrons. The van der Waals surface area contributed by atoms with Crippen LogP contribution in [0.4, 0.5) is 4.39 Å². The van der Waals surface area contributed by atoms with Gasteiger partial charge in [-0.2, -0.15) is 0 Å². The Morgan fingerprint density at radius 1 is 1.29 bits per heavy atom. The fourth-order valence-electron chi connectivity index (χ4n) is 2.93. The van der Waals surface area contributed by atoms with Crippen LogP contribution < -0.4 is 15.4 Å². The van der Waals surface area contributed by atoms with Crippen molar-refractivity contribution >= 4 is 5.96 Å². The number of benzene rings is 1. The number of rotatable bonds is 9. The van der Waals surface area contributed by atoms with E-state index in [1.54, 1.807) is 13.3 Å². The molecule has 152 valence electrons. The maximum absolute atomic E-state index is 13.8. The van der Waals surface area contributed by atoms with E-state index in [1.807, 2.05) is 12.1 Å². The summed E-state index contributed by atoms with van der Waals surface area (Å²) in [7, 11) is 1.72. The second-order valence-electron chi connectivity index (χ2n) is 6.33. The van der Waals surface area contributed by atoms with Gasteiger partial charge in [-0.15, -0.1) is 0 Å². The van der Waals surface area contributed by atoms with E-state index in [2.05, 4.69) is 15.6 Å². The van der Waals surface area contributed by atoms with Gasteiger partial charge in [0.25, 0.3) is 0 Å². The Morgan fingerprint density at radius 3 is 3.00 bits per heavy atom. The van der Waals surface area contributed by atoms with Crippen LogP contribution in [0.2, 0.25) is 0 Å². The second kappa shape index (κ2) is 10.7. The first-order chi connectivity index (χ1) is 13.8. The third-order valence-electron chi connectivity index (χ3n) is 4.24. The zero-order valence-corrected chi connectivity index (χ0v) is 16.0. The zero-order valence-electron chi connectivity index (χ0n) is 16.0. The Balaban J connectivity index is 1.35. The van der Waals surface area contributed by atoms with Crippen molar-refractivity contribution in [2.24, 2.45) is 4.99 Å². The van der Waals surface area contributed by atoms with Crippen LogP contribution in [0.1, 0.15) is 23.3 Å². The summed E-state index contributed by atoms with van der Waals surface area (Å²) in [6.45, 7) is 3.01. The van der Waals surface area contributed by atoms with Crippen LogP contribution in [0.15, 0.2) is 39.9 Å². The molecule has 2 aromatic rings. The van der Waals surface area contributed by atoms with Crippen LogP contribution in [-0.4, -0.2) is 39.5 Å². The normalized spacial score (nSPS) is 13.7. The van der Waals surface area contributed by atoms with E-state index in [4.69, 9.17) is 18.6 Å². The second-order valence-corrected chi connectivity index (χ2v) is 6.33. The smallest absolute Gasteiger partial charge is 0.190 e. The molecule has 0 bridgehead atoms. The molecule has 1 aliphatic rings. The maximum Gasteiger partial charge on any atom is 0.190 e. The molecule has 2 N–H and O–H groups in total. The van der Waals surface area contributed by atoms with Crippen LogP contribution in [0.3, 0.4) is 0 Å². The van der Waals surface area contributed by atoms with Gasteiger partial charge in [0, 0.05) is 32.3 Å². The van der Waals surface area contributed by atoms with Gasteiger partial charge in [0.05, 0.1) is 12.9 Å². The van der Waals surface area contributed by atoms with E-state index in [0.717, 1.165) is 35.6 Å². The number of guanidine groups is 1. The van der Waals surface area contributed by atoms with Crippen molar-refractivity contribution in [1.82, 2.24) is 10.6 Å². The van der Waals surface area contributed by atoms with E-state index in [9.17, 15) is 4.39 Å². The van der Waals surface area contributed by atoms with E-state index in [-0.39, 0.29) is 12.6 Å². The van der Waals surface area contributed by atoms with Gasteiger partial charge in [0.2, 0.25) is 0 Å². The molecule has 0 fully saturated rings. The molecule has 1 aromatic heterocycles. The number of hydrogen-bond acceptors (Lipinski definition) is 5. The Hall–Kier alpha value is -2.58. The first kappa shape index (κ1) is 20.2. The average Bonchev–Trinajstić information content (AvgIpc) is 3.22. The van der Waals surface area contributed by atoms with Crippen molar-refractivity contribution in [3.63, 3.8) is 0 Å². The van der Waals surface area contributed by atoms with Crippen molar-refractivity contribution in [1.29, 1.82) is 0 Å². The highest BCUT2D eigenvalue weighted by molar-refractivity contribution is 5.79. The predicted molar refractivity (Wildman–Crippen MR) is 103 cm³/mol. The molecular weight excluding hydrogens is 365 g/mol. The molecule has 0 atom stereocenters. The molecule has 8 heteroatoms. The van der Waals surface area contributed by atoms with Gasteiger partial charge in [-0.05, 0) is 42.7 Å². The number of nitrogens with zero attached hydrogens (tertiary/aromatic N) is 1. The van der Waals surface area contributed by atoms with Gasteiger partial charge < -0.3 is 29.3 Å². The summed E-state index contributed by atoms with van der Waals surface area (Å²) >= 11 is 0. The largest absolute Gasteiger partial charge is 0.467 e. The summed E-state index contributed by atoms with van der Waals surface area (Å²) < 4.78 is 35.3. The predicted octanol–water partition coefficient (Wildman–Crippen LogP) is 2.60. The fraction of sp³-hybridized carbons (Fsp3) is 0.450. The zero-order chi connectivity index (χ0) is 19.6. The lowest BCUT2D eigenvalue weighted by atomic mass is 10.1. The summed E-state index contributed by atoms with van der Waals surface area (Å²) in [5.74, 6) is 1.96. The standard InChI is InChI=1S/C20H26FN3O4/c1-22-20(23-6-3-8-25-13-18-4-2-9-27-18)24-7-5-15-10-17(21)11-16-12-26-14-28-19(15)16/h2,4,9-11H,3,5-8,12-14H2,1H3,(H2,22,23,24). The number of fused-ring (bicyclic) bond motifs is 1. The van der Waals surface area contributed by atoms with Gasteiger partial charge >= 0.3 is 0 Å². The molecule has 2 heterocycles. The molecule has 0 saturated carbocycles. The highest BCUT2D eigenvalue weighted by Gasteiger charge is 2.16. The van der Waals surface area contributed by atoms with Crippen LogP contribution in [0.25, 0.3) is 0 Å². The van der Waals surface area contributed by atoms with Crippen LogP contribution >= 0.6 is 0 Å². The van der Waals surface area contributed by atoms with Crippen molar-refractivity contribution < 1.29 is 23.0 Å². The summed E-state index contributed by atoms with van der Waals surface area (Å²) in [6, 6.07) is 6.70. The quantitative estimate of drug-likeness (QED) is 0.389. The van der Waals surface area contributed by atoms with Crippen molar-refractivity contribution in [2.45, 2.75) is 26.1 Å². The highest BCUT2D eigenvalue weighted by atomic mass is 19.1. The first-order valence-corrected chi connectivity index (χ1v) is 9.32. The molecule has 0 unspecified atom stereocenters. The molecule has 1 aromatic carbocycles. The lowest BCUT2D eigenvalue weighted by molar-refractivity contribution is -0.0172. The molecule has 3 rings (SSSR count). The number of aliphatic imine (C=N–C) groups is 1. The molecule has 1 aliphatic heterocycles. The van der Waals surface area contributed by atoms with E-state index in [0.29, 0.717) is 38.7 Å². The number of nitrogens with one attached hydrogen (secondary N) is 2. The van der Waals surface area contributed by atoms with Gasteiger partial charge in [0.15, 0.2) is 12.8 Å². The minimum Gasteiger partial charge on any atom is -0.467 e. The highest BCUT2D eigenvalue weighted by Crippen LogP contribution is 2.29. The molecule has 0 spiro atoms.